The van der Waals surface area contributed by atoms with Crippen LogP contribution in [0.1, 0.15) is 84.6 Å². The average Bonchev–Trinajstić information content (AvgIpc) is 3.42. The van der Waals surface area contributed by atoms with Crippen LogP contribution in [0.5, 0.6) is 5.75 Å². The van der Waals surface area contributed by atoms with Gasteiger partial charge in [-0.3, -0.25) is 4.99 Å². The summed E-state index contributed by atoms with van der Waals surface area (Å²) in [5.41, 5.74) is 8.77. The summed E-state index contributed by atoms with van der Waals surface area (Å²) in [6, 6.07) is 31.4. The summed E-state index contributed by atoms with van der Waals surface area (Å²) in [5, 5.41) is 13.7. The highest BCUT2D eigenvalue weighted by Crippen LogP contribution is 2.40. The zero-order chi connectivity index (χ0) is 33.0. The monoisotopic (exact) mass is 608 g/mol. The molecule has 234 valence electrons. The van der Waals surface area contributed by atoms with E-state index in [1.807, 2.05) is 30.3 Å². The molecule has 0 atom stereocenters. The Hall–Kier alpha value is -4.70. The molecule has 4 nitrogen and oxygen atoms in total. The molecule has 0 unspecified atom stereocenters. The van der Waals surface area contributed by atoms with Gasteiger partial charge in [0, 0.05) is 22.9 Å². The van der Waals surface area contributed by atoms with E-state index in [9.17, 15) is 5.11 Å². The number of benzene rings is 5. The third-order valence-electron chi connectivity index (χ3n) is 8.71. The number of phenolic OH excluding ortho intramolecular Hbond substituents is 1. The van der Waals surface area contributed by atoms with Crippen LogP contribution in [0, 0.1) is 0 Å². The predicted molar refractivity (Wildman–Crippen MR) is 194 cm³/mol. The van der Waals surface area contributed by atoms with Crippen LogP contribution in [0.25, 0.3) is 44.5 Å². The van der Waals surface area contributed by atoms with Crippen LogP contribution < -0.4 is 0 Å². The van der Waals surface area contributed by atoms with Gasteiger partial charge in [0.1, 0.15) is 11.3 Å². The van der Waals surface area contributed by atoms with Crippen molar-refractivity contribution in [2.45, 2.75) is 78.6 Å². The summed E-state index contributed by atoms with van der Waals surface area (Å²) in [6.45, 7) is 19.6. The van der Waals surface area contributed by atoms with Gasteiger partial charge in [-0.15, -0.1) is 0 Å². The molecule has 1 aromatic heterocycles. The lowest BCUT2D eigenvalue weighted by atomic mass is 9.79. The van der Waals surface area contributed by atoms with Crippen molar-refractivity contribution in [3.63, 3.8) is 0 Å². The first kappa shape index (κ1) is 31.3. The van der Waals surface area contributed by atoms with Crippen LogP contribution in [-0.4, -0.2) is 16.3 Å². The number of aromatic nitrogens is 1. The number of hydrogen-bond donors (Lipinski definition) is 1. The minimum absolute atomic E-state index is 0.0789. The zero-order valence-corrected chi connectivity index (χ0v) is 28.5. The summed E-state index contributed by atoms with van der Waals surface area (Å²) < 4.78 is 6.55. The fourth-order valence-corrected chi connectivity index (χ4v) is 5.82. The Bertz CT molecular complexity index is 2110. The molecule has 0 aliphatic rings. The molecule has 1 N–H and O–H groups in total. The smallest absolute Gasteiger partial charge is 0.229 e. The number of nitrogens with zero attached hydrogens (tertiary/aromatic N) is 2. The second-order valence-electron chi connectivity index (χ2n) is 15.4. The summed E-state index contributed by atoms with van der Waals surface area (Å²) in [6.07, 6.45) is 1.76. The second-order valence-corrected chi connectivity index (χ2v) is 15.4. The number of phenols is 1. The molecule has 6 aromatic rings. The summed E-state index contributed by atoms with van der Waals surface area (Å²) in [7, 11) is 0. The lowest BCUT2D eigenvalue weighted by molar-refractivity contribution is 0.444. The molecule has 46 heavy (non-hydrogen) atoms. The van der Waals surface area contributed by atoms with Gasteiger partial charge in [-0.25, -0.2) is 4.98 Å². The number of hydrogen-bond acceptors (Lipinski definition) is 4. The van der Waals surface area contributed by atoms with Crippen LogP contribution >= 0.6 is 0 Å². The van der Waals surface area contributed by atoms with Crippen molar-refractivity contribution >= 4 is 33.8 Å². The Morgan fingerprint density at radius 1 is 0.652 bits per heavy atom. The molecule has 0 aliphatic heterocycles. The molecular weight excluding hydrogens is 564 g/mol. The Labute approximate surface area is 272 Å². The molecule has 0 bridgehead atoms. The van der Waals surface area contributed by atoms with Crippen LogP contribution in [0.15, 0.2) is 100 Å². The molecule has 0 saturated heterocycles. The Morgan fingerprint density at radius 3 is 2.00 bits per heavy atom. The second kappa shape index (κ2) is 11.3. The van der Waals surface area contributed by atoms with Crippen LogP contribution in [0.4, 0.5) is 5.69 Å². The van der Waals surface area contributed by atoms with Crippen molar-refractivity contribution < 1.29 is 9.52 Å². The first-order chi connectivity index (χ1) is 21.6. The minimum atomic E-state index is -0.224. The molecule has 0 aliphatic carbocycles. The lowest BCUT2D eigenvalue weighted by Gasteiger charge is -2.27. The average molecular weight is 609 g/mol. The quantitative estimate of drug-likeness (QED) is 0.203. The Kier molecular flexibility index (Phi) is 7.67. The maximum Gasteiger partial charge on any atom is 0.229 e. The van der Waals surface area contributed by atoms with Gasteiger partial charge >= 0.3 is 0 Å². The van der Waals surface area contributed by atoms with Gasteiger partial charge in [-0.05, 0) is 80.1 Å². The number of aromatic hydroxyl groups is 1. The first-order valence-electron chi connectivity index (χ1n) is 16.1. The van der Waals surface area contributed by atoms with E-state index in [0.29, 0.717) is 11.5 Å². The Balaban J connectivity index is 1.49. The Morgan fingerprint density at radius 2 is 1.30 bits per heavy atom. The molecule has 0 saturated carbocycles. The van der Waals surface area contributed by atoms with Crippen LogP contribution in [0.3, 0.4) is 0 Å². The van der Waals surface area contributed by atoms with E-state index in [2.05, 4.69) is 123 Å². The van der Waals surface area contributed by atoms with E-state index in [0.717, 1.165) is 44.6 Å². The van der Waals surface area contributed by atoms with Gasteiger partial charge in [0.25, 0.3) is 0 Å². The van der Waals surface area contributed by atoms with Crippen molar-refractivity contribution in [3.05, 3.63) is 113 Å². The van der Waals surface area contributed by atoms with Crippen molar-refractivity contribution in [2.75, 3.05) is 0 Å². The predicted octanol–water partition coefficient (Wildman–Crippen LogP) is 11.7. The number of fused-ring (bicyclic) bond motifs is 2. The van der Waals surface area contributed by atoms with Crippen molar-refractivity contribution in [3.8, 4) is 28.3 Å². The number of rotatable bonds is 4. The fourth-order valence-electron chi connectivity index (χ4n) is 5.82. The van der Waals surface area contributed by atoms with Crippen molar-refractivity contribution in [1.82, 2.24) is 4.98 Å². The van der Waals surface area contributed by atoms with E-state index >= 15 is 0 Å². The summed E-state index contributed by atoms with van der Waals surface area (Å²) >= 11 is 0. The van der Waals surface area contributed by atoms with E-state index in [4.69, 9.17) is 14.4 Å². The van der Waals surface area contributed by atoms with Gasteiger partial charge in [0.2, 0.25) is 5.89 Å². The number of aliphatic imine (C=N–C) groups is 1. The van der Waals surface area contributed by atoms with Crippen molar-refractivity contribution in [1.29, 1.82) is 0 Å². The van der Waals surface area contributed by atoms with Gasteiger partial charge in [0.15, 0.2) is 5.58 Å². The first-order valence-corrected chi connectivity index (χ1v) is 16.1. The SMILES string of the molecule is CC(C)(C)c1cc(C=Nc2ccccc2-c2nc3c(-c4ccc5ccccc5c4)cc(C(C)(C)C)cc3o2)c(O)c(C(C)(C)C)c1. The largest absolute Gasteiger partial charge is 0.507 e. The molecule has 1 heterocycles. The van der Waals surface area contributed by atoms with Crippen LogP contribution in [-0.2, 0) is 16.2 Å². The van der Waals surface area contributed by atoms with Crippen molar-refractivity contribution in [2.24, 2.45) is 4.99 Å². The lowest BCUT2D eigenvalue weighted by Crippen LogP contribution is -2.17. The maximum atomic E-state index is 11.3. The summed E-state index contributed by atoms with van der Waals surface area (Å²) in [4.78, 5) is 10.0. The minimum Gasteiger partial charge on any atom is -0.507 e. The van der Waals surface area contributed by atoms with Gasteiger partial charge in [-0.2, -0.15) is 0 Å². The molecular formula is C42H44N2O2. The molecule has 6 rings (SSSR count). The molecule has 5 aromatic carbocycles. The highest BCUT2D eigenvalue weighted by atomic mass is 16.3. The molecule has 0 amide bonds. The van der Waals surface area contributed by atoms with Crippen LogP contribution in [0.2, 0.25) is 0 Å². The summed E-state index contributed by atoms with van der Waals surface area (Å²) in [5.74, 6) is 0.775. The number of para-hydroxylation sites is 1. The number of oxazole rings is 1. The standard InChI is InChI=1S/C42H44N2O2/c1-40(2,3)30-21-29(38(45)34(23-30)42(7,8)9)25-43-35-17-13-12-16-32(35)39-44-37-33(22-31(41(4,5)6)24-36(37)46-39)28-19-18-26-14-10-11-15-27(26)20-28/h10-25,45H,1-9H3. The highest BCUT2D eigenvalue weighted by Gasteiger charge is 2.25. The molecule has 0 spiro atoms. The van der Waals surface area contributed by atoms with E-state index in [1.54, 1.807) is 6.21 Å². The van der Waals surface area contributed by atoms with E-state index in [-0.39, 0.29) is 22.0 Å². The maximum absolute atomic E-state index is 11.3. The van der Waals surface area contributed by atoms with E-state index in [1.165, 1.54) is 16.3 Å². The normalized spacial score (nSPS) is 12.9. The molecule has 4 heteroatoms. The van der Waals surface area contributed by atoms with E-state index < -0.39 is 0 Å². The molecule has 0 fully saturated rings. The topological polar surface area (TPSA) is 58.6 Å². The van der Waals surface area contributed by atoms with Gasteiger partial charge < -0.3 is 9.52 Å². The van der Waals surface area contributed by atoms with Gasteiger partial charge in [-0.1, -0.05) is 117 Å². The van der Waals surface area contributed by atoms with Gasteiger partial charge in [0.05, 0.1) is 11.3 Å². The third kappa shape index (κ3) is 6.09. The third-order valence-corrected chi connectivity index (χ3v) is 8.71. The highest BCUT2D eigenvalue weighted by molar-refractivity contribution is 5.97. The molecule has 0 radical (unpaired) electrons. The fraction of sp³-hybridized carbons (Fsp3) is 0.286. The zero-order valence-electron chi connectivity index (χ0n) is 28.5.